The molecule has 0 amide bonds. The third-order valence-electron chi connectivity index (χ3n) is 4.11. The van der Waals surface area contributed by atoms with Crippen LogP contribution in [0.25, 0.3) is 0 Å². The second-order valence-electron chi connectivity index (χ2n) is 5.30. The molecule has 0 spiro atoms. The second kappa shape index (κ2) is 5.65. The lowest BCUT2D eigenvalue weighted by Crippen LogP contribution is -2.30. The molecule has 1 aliphatic carbocycles. The van der Waals surface area contributed by atoms with E-state index in [0.29, 0.717) is 6.54 Å². The average molecular weight is 233 g/mol. The van der Waals surface area contributed by atoms with Crippen LogP contribution in [-0.4, -0.2) is 17.8 Å². The topological polar surface area (TPSA) is 46.2 Å². The molecule has 2 rings (SSSR count). The number of benzene rings is 1. The van der Waals surface area contributed by atoms with Gasteiger partial charge in [-0.1, -0.05) is 43.5 Å². The number of nitrogens with two attached hydrogens (primary N) is 1. The zero-order chi connectivity index (χ0) is 12.3. The van der Waals surface area contributed by atoms with Crippen molar-refractivity contribution in [2.75, 3.05) is 6.54 Å². The summed E-state index contributed by atoms with van der Waals surface area (Å²) in [7, 11) is 0. The van der Waals surface area contributed by atoms with Gasteiger partial charge in [-0.3, -0.25) is 0 Å². The van der Waals surface area contributed by atoms with E-state index in [9.17, 15) is 5.11 Å². The van der Waals surface area contributed by atoms with Gasteiger partial charge in [0.25, 0.3) is 0 Å². The Morgan fingerprint density at radius 2 is 2.06 bits per heavy atom. The van der Waals surface area contributed by atoms with Crippen LogP contribution in [-0.2, 0) is 0 Å². The van der Waals surface area contributed by atoms with Gasteiger partial charge in [-0.25, -0.2) is 0 Å². The van der Waals surface area contributed by atoms with Crippen LogP contribution < -0.4 is 5.73 Å². The zero-order valence-corrected chi connectivity index (χ0v) is 10.6. The molecule has 0 aliphatic heterocycles. The molecule has 2 unspecified atom stereocenters. The summed E-state index contributed by atoms with van der Waals surface area (Å²) in [6, 6.07) is 8.25. The minimum absolute atomic E-state index is 0.0943. The number of aliphatic hydroxyl groups excluding tert-OH is 1. The lowest BCUT2D eigenvalue weighted by Gasteiger charge is -2.31. The summed E-state index contributed by atoms with van der Waals surface area (Å²) in [4.78, 5) is 0. The van der Waals surface area contributed by atoms with E-state index >= 15 is 0 Å². The van der Waals surface area contributed by atoms with Crippen molar-refractivity contribution >= 4 is 0 Å². The van der Waals surface area contributed by atoms with E-state index in [1.807, 2.05) is 12.1 Å². The summed E-state index contributed by atoms with van der Waals surface area (Å²) >= 11 is 0. The average Bonchev–Trinajstić information content (AvgIpc) is 2.27. The van der Waals surface area contributed by atoms with Gasteiger partial charge in [0.05, 0.1) is 6.10 Å². The maximum absolute atomic E-state index is 10.3. The molecule has 2 heteroatoms. The first-order chi connectivity index (χ1) is 8.22. The molecular weight excluding hydrogens is 210 g/mol. The van der Waals surface area contributed by atoms with Crippen molar-refractivity contribution in [2.45, 2.75) is 44.6 Å². The molecule has 0 bridgehead atoms. The van der Waals surface area contributed by atoms with Crippen LogP contribution in [0.3, 0.4) is 0 Å². The fourth-order valence-corrected chi connectivity index (χ4v) is 2.73. The van der Waals surface area contributed by atoms with Crippen molar-refractivity contribution in [3.05, 3.63) is 35.4 Å². The smallest absolute Gasteiger partial charge is 0.0623 e. The van der Waals surface area contributed by atoms with E-state index in [0.717, 1.165) is 12.3 Å². The Kier molecular flexibility index (Phi) is 4.19. The Morgan fingerprint density at radius 3 is 2.59 bits per heavy atom. The first-order valence-electron chi connectivity index (χ1n) is 6.66. The molecule has 2 nitrogen and oxygen atoms in total. The summed E-state index contributed by atoms with van der Waals surface area (Å²) in [5.41, 5.74) is 8.29. The predicted molar refractivity (Wildman–Crippen MR) is 70.9 cm³/mol. The highest BCUT2D eigenvalue weighted by molar-refractivity contribution is 5.30. The lowest BCUT2D eigenvalue weighted by molar-refractivity contribution is 0.0949. The van der Waals surface area contributed by atoms with E-state index in [1.54, 1.807) is 0 Å². The fourth-order valence-electron chi connectivity index (χ4n) is 2.73. The number of rotatable bonds is 5. The third kappa shape index (κ3) is 2.88. The Balaban J connectivity index is 2.06. The molecule has 94 valence electrons. The van der Waals surface area contributed by atoms with Crippen LogP contribution in [0.1, 0.15) is 42.7 Å². The van der Waals surface area contributed by atoms with Crippen molar-refractivity contribution in [1.29, 1.82) is 0 Å². The molecule has 3 N–H and O–H groups in total. The van der Waals surface area contributed by atoms with Crippen LogP contribution in [0.4, 0.5) is 0 Å². The van der Waals surface area contributed by atoms with Gasteiger partial charge < -0.3 is 10.8 Å². The summed E-state index contributed by atoms with van der Waals surface area (Å²) in [6.45, 7) is 2.62. The Bertz CT molecular complexity index is 360. The molecule has 0 aromatic heterocycles. The minimum atomic E-state index is -0.286. The highest BCUT2D eigenvalue weighted by Gasteiger charge is 2.27. The van der Waals surface area contributed by atoms with Gasteiger partial charge >= 0.3 is 0 Å². The van der Waals surface area contributed by atoms with E-state index in [4.69, 9.17) is 5.73 Å². The largest absolute Gasteiger partial charge is 0.392 e. The maximum Gasteiger partial charge on any atom is 0.0623 e. The molecular formula is C15H23NO. The Hall–Kier alpha value is -0.860. The minimum Gasteiger partial charge on any atom is -0.392 e. The van der Waals surface area contributed by atoms with Crippen molar-refractivity contribution in [3.63, 3.8) is 0 Å². The third-order valence-corrected chi connectivity index (χ3v) is 4.11. The molecule has 0 saturated heterocycles. The van der Waals surface area contributed by atoms with Gasteiger partial charge in [-0.05, 0) is 30.4 Å². The van der Waals surface area contributed by atoms with Crippen LogP contribution in [0, 0.1) is 12.8 Å². The number of hydrogen-bond acceptors (Lipinski definition) is 2. The van der Waals surface area contributed by atoms with Crippen LogP contribution in [0.15, 0.2) is 24.3 Å². The lowest BCUT2D eigenvalue weighted by atomic mass is 9.77. The summed E-state index contributed by atoms with van der Waals surface area (Å²) in [5, 5.41) is 10.3. The number of aryl methyl sites for hydroxylation is 1. The summed E-state index contributed by atoms with van der Waals surface area (Å²) in [6.07, 6.45) is 4.52. The molecule has 0 heterocycles. The Morgan fingerprint density at radius 1 is 1.35 bits per heavy atom. The van der Waals surface area contributed by atoms with Crippen LogP contribution in [0.2, 0.25) is 0 Å². The second-order valence-corrected chi connectivity index (χ2v) is 5.30. The van der Waals surface area contributed by atoms with E-state index < -0.39 is 0 Å². The van der Waals surface area contributed by atoms with E-state index in [-0.39, 0.29) is 12.0 Å². The summed E-state index contributed by atoms with van der Waals surface area (Å²) < 4.78 is 0. The zero-order valence-electron chi connectivity index (χ0n) is 10.6. The highest BCUT2D eigenvalue weighted by atomic mass is 16.3. The standard InChI is InChI=1S/C15H23NO/c1-11-5-2-3-8-13(11)14(10-16)15(17)9-12-6-4-7-12/h2-3,5,8,12,14-15,17H,4,6-7,9-10,16H2,1H3. The highest BCUT2D eigenvalue weighted by Crippen LogP contribution is 2.34. The molecule has 2 atom stereocenters. The molecule has 1 aliphatic rings. The predicted octanol–water partition coefficient (Wildman–Crippen LogP) is 2.59. The van der Waals surface area contributed by atoms with Gasteiger partial charge in [0.1, 0.15) is 0 Å². The molecule has 17 heavy (non-hydrogen) atoms. The molecule has 1 aromatic rings. The first kappa shape index (κ1) is 12.6. The molecule has 1 fully saturated rings. The van der Waals surface area contributed by atoms with Gasteiger partial charge in [0.2, 0.25) is 0 Å². The van der Waals surface area contributed by atoms with Crippen molar-refractivity contribution in [3.8, 4) is 0 Å². The van der Waals surface area contributed by atoms with E-state index in [2.05, 4.69) is 19.1 Å². The monoisotopic (exact) mass is 233 g/mol. The quantitative estimate of drug-likeness (QED) is 0.821. The number of hydrogen-bond donors (Lipinski definition) is 2. The van der Waals surface area contributed by atoms with Crippen molar-refractivity contribution < 1.29 is 5.11 Å². The van der Waals surface area contributed by atoms with Crippen LogP contribution >= 0.6 is 0 Å². The van der Waals surface area contributed by atoms with Gasteiger partial charge in [0, 0.05) is 12.5 Å². The summed E-state index contributed by atoms with van der Waals surface area (Å²) in [5.74, 6) is 0.819. The van der Waals surface area contributed by atoms with E-state index in [1.165, 1.54) is 30.4 Å². The normalized spacial score (nSPS) is 19.7. The molecule has 0 radical (unpaired) electrons. The van der Waals surface area contributed by atoms with Gasteiger partial charge in [-0.15, -0.1) is 0 Å². The molecule has 1 aromatic carbocycles. The van der Waals surface area contributed by atoms with Crippen molar-refractivity contribution in [1.82, 2.24) is 0 Å². The fraction of sp³-hybridized carbons (Fsp3) is 0.600. The van der Waals surface area contributed by atoms with Gasteiger partial charge in [0.15, 0.2) is 0 Å². The van der Waals surface area contributed by atoms with Crippen LogP contribution in [0.5, 0.6) is 0 Å². The number of aliphatic hydroxyl groups is 1. The SMILES string of the molecule is Cc1ccccc1C(CN)C(O)CC1CCC1. The Labute approximate surface area is 104 Å². The molecule has 1 saturated carbocycles. The maximum atomic E-state index is 10.3. The van der Waals surface area contributed by atoms with Gasteiger partial charge in [-0.2, -0.15) is 0 Å². The first-order valence-corrected chi connectivity index (χ1v) is 6.66. The van der Waals surface area contributed by atoms with Crippen molar-refractivity contribution in [2.24, 2.45) is 11.7 Å².